The lowest BCUT2D eigenvalue weighted by molar-refractivity contribution is -0.131. The van der Waals surface area contributed by atoms with Gasteiger partial charge in [0.2, 0.25) is 0 Å². The molecule has 1 unspecified atom stereocenters. The number of hydrogen-bond donors (Lipinski definition) is 2. The van der Waals surface area contributed by atoms with Crippen molar-refractivity contribution in [1.82, 2.24) is 20.5 Å². The standard InChI is InChI=1S/C16H24N4O2S/c1-3-15(2,12-17-9-11-23-12)18-8-10-20-13(21)16(19-14(20)22)6-4-5-7-16/h9,11,18H,3-8,10H2,1-2H3,(H,19,22). The first-order chi connectivity index (χ1) is 11.0. The van der Waals surface area contributed by atoms with Crippen LogP contribution in [-0.4, -0.2) is 40.5 Å². The first kappa shape index (κ1) is 16.4. The SMILES string of the molecule is CCC(C)(NCCN1C(=O)NC2(CCCC2)C1=O)c1nccs1. The second kappa shape index (κ2) is 6.20. The molecule has 2 aliphatic rings. The zero-order valence-electron chi connectivity index (χ0n) is 13.7. The molecule has 1 saturated heterocycles. The molecule has 3 amide bonds. The number of amides is 3. The van der Waals surface area contributed by atoms with Crippen LogP contribution in [0.5, 0.6) is 0 Å². The van der Waals surface area contributed by atoms with Gasteiger partial charge in [0.15, 0.2) is 0 Å². The third kappa shape index (κ3) is 2.87. The first-order valence-corrected chi connectivity index (χ1v) is 9.18. The molecule has 3 rings (SSSR count). The molecule has 6 nitrogen and oxygen atoms in total. The quantitative estimate of drug-likeness (QED) is 0.781. The maximum Gasteiger partial charge on any atom is 0.325 e. The molecule has 1 spiro atoms. The van der Waals surface area contributed by atoms with E-state index in [1.165, 1.54) is 4.90 Å². The van der Waals surface area contributed by atoms with Crippen molar-refractivity contribution < 1.29 is 9.59 Å². The maximum absolute atomic E-state index is 12.6. The number of carbonyl (C=O) groups is 2. The molecule has 1 aliphatic carbocycles. The number of carbonyl (C=O) groups excluding carboxylic acids is 2. The average molecular weight is 336 g/mol. The lowest BCUT2D eigenvalue weighted by Crippen LogP contribution is -2.46. The molecule has 1 aromatic heterocycles. The van der Waals surface area contributed by atoms with E-state index in [0.717, 1.165) is 37.1 Å². The highest BCUT2D eigenvalue weighted by atomic mass is 32.1. The van der Waals surface area contributed by atoms with E-state index < -0.39 is 5.54 Å². The van der Waals surface area contributed by atoms with Crippen LogP contribution in [0.25, 0.3) is 0 Å². The van der Waals surface area contributed by atoms with Crippen molar-refractivity contribution >= 4 is 23.3 Å². The molecule has 23 heavy (non-hydrogen) atoms. The van der Waals surface area contributed by atoms with Crippen molar-refractivity contribution in [2.45, 2.75) is 57.0 Å². The number of urea groups is 1. The van der Waals surface area contributed by atoms with E-state index >= 15 is 0 Å². The molecule has 2 fully saturated rings. The smallest absolute Gasteiger partial charge is 0.323 e. The van der Waals surface area contributed by atoms with Gasteiger partial charge < -0.3 is 10.6 Å². The van der Waals surface area contributed by atoms with Crippen LogP contribution in [0.15, 0.2) is 11.6 Å². The van der Waals surface area contributed by atoms with Crippen LogP contribution in [0.1, 0.15) is 51.0 Å². The third-order valence-corrected chi connectivity index (χ3v) is 6.20. The summed E-state index contributed by atoms with van der Waals surface area (Å²) in [6.07, 6.45) is 6.26. The summed E-state index contributed by atoms with van der Waals surface area (Å²) in [6, 6.07) is -0.244. The van der Waals surface area contributed by atoms with Crippen LogP contribution in [0.3, 0.4) is 0 Å². The summed E-state index contributed by atoms with van der Waals surface area (Å²) in [7, 11) is 0. The predicted molar refractivity (Wildman–Crippen MR) is 89.2 cm³/mol. The van der Waals surface area contributed by atoms with Gasteiger partial charge in [0, 0.05) is 24.7 Å². The van der Waals surface area contributed by atoms with Crippen molar-refractivity contribution in [3.05, 3.63) is 16.6 Å². The topological polar surface area (TPSA) is 74.3 Å². The van der Waals surface area contributed by atoms with Gasteiger partial charge in [0.25, 0.3) is 5.91 Å². The number of imide groups is 1. The molecular weight excluding hydrogens is 312 g/mol. The van der Waals surface area contributed by atoms with Crippen molar-refractivity contribution in [3.8, 4) is 0 Å². The van der Waals surface area contributed by atoms with E-state index in [1.807, 2.05) is 5.38 Å². The highest BCUT2D eigenvalue weighted by Gasteiger charge is 2.52. The van der Waals surface area contributed by atoms with Gasteiger partial charge in [0.1, 0.15) is 10.5 Å². The van der Waals surface area contributed by atoms with Gasteiger partial charge in [-0.25, -0.2) is 9.78 Å². The molecule has 126 valence electrons. The van der Waals surface area contributed by atoms with Crippen LogP contribution in [0, 0.1) is 0 Å². The minimum Gasteiger partial charge on any atom is -0.323 e. The Morgan fingerprint density at radius 2 is 2.17 bits per heavy atom. The van der Waals surface area contributed by atoms with Crippen molar-refractivity contribution in [1.29, 1.82) is 0 Å². The van der Waals surface area contributed by atoms with Gasteiger partial charge in [-0.3, -0.25) is 9.69 Å². The van der Waals surface area contributed by atoms with E-state index in [1.54, 1.807) is 17.5 Å². The summed E-state index contributed by atoms with van der Waals surface area (Å²) < 4.78 is 0. The van der Waals surface area contributed by atoms with Crippen molar-refractivity contribution in [2.24, 2.45) is 0 Å². The molecular formula is C16H24N4O2S. The summed E-state index contributed by atoms with van der Waals surface area (Å²) in [6.45, 7) is 5.18. The molecule has 0 radical (unpaired) electrons. The molecule has 0 bridgehead atoms. The zero-order chi connectivity index (χ0) is 16.5. The molecule has 2 N–H and O–H groups in total. The molecule has 1 aromatic rings. The van der Waals surface area contributed by atoms with E-state index in [-0.39, 0.29) is 17.5 Å². The lowest BCUT2D eigenvalue weighted by atomic mass is 9.98. The van der Waals surface area contributed by atoms with Gasteiger partial charge in [-0.15, -0.1) is 11.3 Å². The van der Waals surface area contributed by atoms with Gasteiger partial charge in [-0.2, -0.15) is 0 Å². The van der Waals surface area contributed by atoms with Gasteiger partial charge in [0.05, 0.1) is 5.54 Å². The highest BCUT2D eigenvalue weighted by Crippen LogP contribution is 2.35. The zero-order valence-corrected chi connectivity index (χ0v) is 14.5. The Kier molecular flexibility index (Phi) is 4.42. The Labute approximate surface area is 140 Å². The van der Waals surface area contributed by atoms with Crippen molar-refractivity contribution in [2.75, 3.05) is 13.1 Å². The number of hydrogen-bond acceptors (Lipinski definition) is 5. The highest BCUT2D eigenvalue weighted by molar-refractivity contribution is 7.09. The van der Waals surface area contributed by atoms with Gasteiger partial charge in [-0.05, 0) is 26.2 Å². The fourth-order valence-corrected chi connectivity index (χ4v) is 4.34. The van der Waals surface area contributed by atoms with Crippen LogP contribution in [-0.2, 0) is 10.3 Å². The summed E-state index contributed by atoms with van der Waals surface area (Å²) in [5.74, 6) is -0.0470. The number of aromatic nitrogens is 1. The molecule has 1 aliphatic heterocycles. The second-order valence-electron chi connectivity index (χ2n) is 6.63. The molecule has 0 aromatic carbocycles. The lowest BCUT2D eigenvalue weighted by Gasteiger charge is -2.28. The number of rotatable bonds is 6. The minimum atomic E-state index is -0.611. The Bertz CT molecular complexity index is 583. The Morgan fingerprint density at radius 1 is 1.43 bits per heavy atom. The molecule has 1 atom stereocenters. The second-order valence-corrected chi connectivity index (χ2v) is 7.52. The van der Waals surface area contributed by atoms with Crippen molar-refractivity contribution in [3.63, 3.8) is 0 Å². The predicted octanol–water partition coefficient (Wildman–Crippen LogP) is 2.22. The average Bonchev–Trinajstić information content (AvgIpc) is 3.26. The Morgan fingerprint density at radius 3 is 2.78 bits per heavy atom. The molecule has 2 heterocycles. The number of nitrogens with zero attached hydrogens (tertiary/aromatic N) is 2. The van der Waals surface area contributed by atoms with E-state index in [4.69, 9.17) is 0 Å². The molecule has 1 saturated carbocycles. The molecule has 7 heteroatoms. The van der Waals surface area contributed by atoms with Crippen LogP contribution < -0.4 is 10.6 Å². The van der Waals surface area contributed by atoms with E-state index in [9.17, 15) is 9.59 Å². The van der Waals surface area contributed by atoms with Crippen LogP contribution >= 0.6 is 11.3 Å². The normalized spacial score (nSPS) is 22.6. The van der Waals surface area contributed by atoms with Crippen LogP contribution in [0.4, 0.5) is 4.79 Å². The van der Waals surface area contributed by atoms with E-state index in [2.05, 4.69) is 29.5 Å². The number of thiazole rings is 1. The fourth-order valence-electron chi connectivity index (χ4n) is 3.49. The summed E-state index contributed by atoms with van der Waals surface area (Å²) in [4.78, 5) is 30.5. The minimum absolute atomic E-state index is 0.0470. The Hall–Kier alpha value is -1.47. The maximum atomic E-state index is 12.6. The van der Waals surface area contributed by atoms with Gasteiger partial charge in [-0.1, -0.05) is 19.8 Å². The van der Waals surface area contributed by atoms with E-state index in [0.29, 0.717) is 13.1 Å². The summed E-state index contributed by atoms with van der Waals surface area (Å²) in [5.41, 5.74) is -0.834. The largest absolute Gasteiger partial charge is 0.325 e. The number of nitrogens with one attached hydrogen (secondary N) is 2. The summed E-state index contributed by atoms with van der Waals surface area (Å²) >= 11 is 1.62. The van der Waals surface area contributed by atoms with Crippen LogP contribution in [0.2, 0.25) is 0 Å². The Balaban J connectivity index is 1.60. The van der Waals surface area contributed by atoms with Gasteiger partial charge >= 0.3 is 6.03 Å². The first-order valence-electron chi connectivity index (χ1n) is 8.30. The third-order valence-electron chi connectivity index (χ3n) is 5.17. The summed E-state index contributed by atoms with van der Waals surface area (Å²) in [5, 5.41) is 9.38. The fraction of sp³-hybridized carbons (Fsp3) is 0.688. The monoisotopic (exact) mass is 336 g/mol.